The number of para-hydroxylation sites is 2. The summed E-state index contributed by atoms with van der Waals surface area (Å²) in [7, 11) is 0. The lowest BCUT2D eigenvalue weighted by atomic mass is 10.1. The van der Waals surface area contributed by atoms with Crippen LogP contribution in [0, 0.1) is 0 Å². The van der Waals surface area contributed by atoms with Crippen LogP contribution in [0.2, 0.25) is 0 Å². The minimum absolute atomic E-state index is 0.00706. The first-order valence-electron chi connectivity index (χ1n) is 10.9. The van der Waals surface area contributed by atoms with Crippen LogP contribution >= 0.6 is 0 Å². The summed E-state index contributed by atoms with van der Waals surface area (Å²) in [6.45, 7) is 11.1. The molecule has 30 heavy (non-hydrogen) atoms. The molecule has 0 spiro atoms. The van der Waals surface area contributed by atoms with Gasteiger partial charge in [0.05, 0.1) is 25.0 Å². The van der Waals surface area contributed by atoms with Crippen molar-refractivity contribution in [3.63, 3.8) is 0 Å². The van der Waals surface area contributed by atoms with Crippen molar-refractivity contribution >= 4 is 17.3 Å². The van der Waals surface area contributed by atoms with E-state index in [9.17, 15) is 4.79 Å². The topological polar surface area (TPSA) is 66.8 Å². The molecule has 3 aliphatic rings. The molecule has 8 nitrogen and oxygen atoms in total. The highest BCUT2D eigenvalue weighted by atomic mass is 16.6. The molecule has 1 aromatic carbocycles. The zero-order chi connectivity index (χ0) is 20.9. The van der Waals surface area contributed by atoms with Crippen LogP contribution in [-0.4, -0.2) is 92.7 Å². The smallest absolute Gasteiger partial charge is 0.271 e. The lowest BCUT2D eigenvalue weighted by Gasteiger charge is -2.37. The molecular formula is C22H32N4O4. The minimum atomic E-state index is -0.0481. The van der Waals surface area contributed by atoms with E-state index in [1.165, 1.54) is 0 Å². The molecular weight excluding hydrogens is 384 g/mol. The summed E-state index contributed by atoms with van der Waals surface area (Å²) < 4.78 is 11.3. The van der Waals surface area contributed by atoms with Gasteiger partial charge in [-0.15, -0.1) is 0 Å². The third-order valence-electron chi connectivity index (χ3n) is 5.68. The fourth-order valence-corrected chi connectivity index (χ4v) is 4.13. The van der Waals surface area contributed by atoms with Crippen LogP contribution in [0.15, 0.2) is 29.4 Å². The number of morpholine rings is 1. The van der Waals surface area contributed by atoms with Crippen molar-refractivity contribution < 1.29 is 19.1 Å². The summed E-state index contributed by atoms with van der Waals surface area (Å²) >= 11 is 0. The highest BCUT2D eigenvalue weighted by Crippen LogP contribution is 2.29. The second-order valence-corrected chi connectivity index (χ2v) is 8.30. The highest BCUT2D eigenvalue weighted by molar-refractivity contribution is 6.39. The average Bonchev–Trinajstić information content (AvgIpc) is 3.23. The molecule has 0 aromatic heterocycles. The number of carbonyl (C=O) groups is 1. The van der Waals surface area contributed by atoms with Gasteiger partial charge in [0.15, 0.2) is 0 Å². The van der Waals surface area contributed by atoms with Crippen molar-refractivity contribution in [1.29, 1.82) is 0 Å². The van der Waals surface area contributed by atoms with E-state index < -0.39 is 0 Å². The van der Waals surface area contributed by atoms with Crippen LogP contribution in [0.4, 0.5) is 5.69 Å². The van der Waals surface area contributed by atoms with Gasteiger partial charge in [-0.2, -0.15) is 0 Å². The van der Waals surface area contributed by atoms with Crippen LogP contribution in [0.3, 0.4) is 0 Å². The second kappa shape index (κ2) is 9.66. The molecule has 0 bridgehead atoms. The summed E-state index contributed by atoms with van der Waals surface area (Å²) in [5.41, 5.74) is 1.70. The first-order valence-corrected chi connectivity index (χ1v) is 10.9. The summed E-state index contributed by atoms with van der Waals surface area (Å²) in [4.78, 5) is 24.7. The molecule has 2 saturated heterocycles. The van der Waals surface area contributed by atoms with Gasteiger partial charge in [0.1, 0.15) is 17.6 Å². The van der Waals surface area contributed by atoms with Crippen molar-refractivity contribution in [3.05, 3.63) is 24.3 Å². The monoisotopic (exact) mass is 416 g/mol. The van der Waals surface area contributed by atoms with Crippen molar-refractivity contribution in [2.24, 2.45) is 5.16 Å². The number of hydrogen-bond acceptors (Lipinski definition) is 7. The number of oxime groups is 1. The van der Waals surface area contributed by atoms with Gasteiger partial charge in [-0.3, -0.25) is 9.69 Å². The van der Waals surface area contributed by atoms with Gasteiger partial charge in [-0.25, -0.2) is 0 Å². The van der Waals surface area contributed by atoms with Crippen LogP contribution < -0.4 is 9.64 Å². The molecule has 3 heterocycles. The maximum absolute atomic E-state index is 12.6. The van der Waals surface area contributed by atoms with Gasteiger partial charge in [-0.05, 0) is 26.0 Å². The van der Waals surface area contributed by atoms with E-state index in [2.05, 4.69) is 40.9 Å². The molecule has 3 aliphatic heterocycles. The second-order valence-electron chi connectivity index (χ2n) is 8.30. The molecule has 0 aliphatic carbocycles. The van der Waals surface area contributed by atoms with Crippen molar-refractivity contribution in [2.75, 3.05) is 63.9 Å². The number of anilines is 1. The molecule has 1 aromatic rings. The Morgan fingerprint density at radius 1 is 1.13 bits per heavy atom. The summed E-state index contributed by atoms with van der Waals surface area (Å²) in [6, 6.07) is 8.25. The highest BCUT2D eigenvalue weighted by Gasteiger charge is 2.32. The third kappa shape index (κ3) is 5.05. The first kappa shape index (κ1) is 20.9. The Bertz CT molecular complexity index is 755. The van der Waals surface area contributed by atoms with Crippen molar-refractivity contribution in [1.82, 2.24) is 9.80 Å². The molecule has 0 radical (unpaired) electrons. The van der Waals surface area contributed by atoms with E-state index in [4.69, 9.17) is 14.3 Å². The largest absolute Gasteiger partial charge is 0.489 e. The molecule has 0 N–H and O–H groups in total. The maximum atomic E-state index is 12.6. The van der Waals surface area contributed by atoms with Gasteiger partial charge >= 0.3 is 0 Å². The third-order valence-corrected chi connectivity index (χ3v) is 5.68. The summed E-state index contributed by atoms with van der Waals surface area (Å²) in [5, 5.41) is 4.09. The standard InChI is InChI=1S/C22H32N4O4/c1-17(2)29-21-6-4-3-5-20(21)25-9-7-24(8-10-25)16-18-15-19(23-30-18)22(27)26-11-13-28-14-12-26/h3-6,17-18H,7-16H2,1-2H3/t18-/m0/s1. The lowest BCUT2D eigenvalue weighted by molar-refractivity contribution is -0.128. The molecule has 164 valence electrons. The molecule has 1 amide bonds. The summed E-state index contributed by atoms with van der Waals surface area (Å²) in [6.07, 6.45) is 0.691. The molecule has 4 rings (SSSR count). The average molecular weight is 417 g/mol. The van der Waals surface area contributed by atoms with E-state index in [0.29, 0.717) is 38.4 Å². The van der Waals surface area contributed by atoms with E-state index in [1.807, 2.05) is 17.0 Å². The van der Waals surface area contributed by atoms with Gasteiger partial charge in [0.2, 0.25) is 0 Å². The first-order chi connectivity index (χ1) is 14.6. The van der Waals surface area contributed by atoms with Gasteiger partial charge < -0.3 is 24.1 Å². The molecule has 0 unspecified atom stereocenters. The zero-order valence-corrected chi connectivity index (χ0v) is 18.0. The normalized spacial score (nSPS) is 22.8. The van der Waals surface area contributed by atoms with Gasteiger partial charge in [0.25, 0.3) is 5.91 Å². The van der Waals surface area contributed by atoms with Crippen molar-refractivity contribution in [2.45, 2.75) is 32.5 Å². The maximum Gasteiger partial charge on any atom is 0.271 e. The fraction of sp³-hybridized carbons (Fsp3) is 0.636. The summed E-state index contributed by atoms with van der Waals surface area (Å²) in [5.74, 6) is 0.937. The van der Waals surface area contributed by atoms with Crippen LogP contribution in [0.5, 0.6) is 5.75 Å². The van der Waals surface area contributed by atoms with Crippen molar-refractivity contribution in [3.8, 4) is 5.75 Å². The van der Waals surface area contributed by atoms with E-state index >= 15 is 0 Å². The van der Waals surface area contributed by atoms with E-state index in [0.717, 1.165) is 44.2 Å². The Hall–Kier alpha value is -2.32. The fourth-order valence-electron chi connectivity index (χ4n) is 4.13. The quantitative estimate of drug-likeness (QED) is 0.702. The Morgan fingerprint density at radius 2 is 1.87 bits per heavy atom. The van der Waals surface area contributed by atoms with E-state index in [1.54, 1.807) is 0 Å². The lowest BCUT2D eigenvalue weighted by Crippen LogP contribution is -2.49. The SMILES string of the molecule is CC(C)Oc1ccccc1N1CCN(C[C@@H]2CC(C(=O)N3CCOCC3)=NO2)CC1. The predicted molar refractivity (Wildman–Crippen MR) is 115 cm³/mol. The van der Waals surface area contributed by atoms with Crippen LogP contribution in [0.25, 0.3) is 0 Å². The zero-order valence-electron chi connectivity index (χ0n) is 18.0. The van der Waals surface area contributed by atoms with Gasteiger partial charge in [-0.1, -0.05) is 17.3 Å². The predicted octanol–water partition coefficient (Wildman–Crippen LogP) is 1.60. The number of piperazine rings is 1. The number of benzene rings is 1. The van der Waals surface area contributed by atoms with E-state index in [-0.39, 0.29) is 18.1 Å². The molecule has 0 saturated carbocycles. The van der Waals surface area contributed by atoms with Crippen LogP contribution in [-0.2, 0) is 14.4 Å². The Kier molecular flexibility index (Phi) is 6.74. The molecule has 8 heteroatoms. The Labute approximate surface area is 178 Å². The minimum Gasteiger partial charge on any atom is -0.489 e. The number of ether oxygens (including phenoxy) is 2. The number of rotatable bonds is 6. The number of nitrogens with zero attached hydrogens (tertiary/aromatic N) is 4. The molecule has 1 atom stereocenters. The number of carbonyl (C=O) groups excluding carboxylic acids is 1. The van der Waals surface area contributed by atoms with Crippen LogP contribution in [0.1, 0.15) is 20.3 Å². The Morgan fingerprint density at radius 3 is 2.60 bits per heavy atom. The molecule has 2 fully saturated rings. The number of hydrogen-bond donors (Lipinski definition) is 0. The van der Waals surface area contributed by atoms with Gasteiger partial charge in [0, 0.05) is 52.2 Å². The Balaban J connectivity index is 1.25. The number of amides is 1.